The number of azo groups is 1. The number of nitrogens with one attached hydrogen (secondary N) is 1. The van der Waals surface area contributed by atoms with E-state index in [-0.39, 0.29) is 73.5 Å². The van der Waals surface area contributed by atoms with E-state index in [9.17, 15) is 22.9 Å². The Kier molecular flexibility index (Phi) is 10.6. The summed E-state index contributed by atoms with van der Waals surface area (Å²) in [6, 6.07) is 15.4. The number of fused-ring (bicyclic) bond motifs is 1. The van der Waals surface area contributed by atoms with Crippen LogP contribution in [0.4, 0.5) is 17.1 Å². The molecule has 0 aliphatic rings. The Bertz CT molecular complexity index is 1730. The maximum Gasteiger partial charge on any atom is 1.00 e. The molecule has 2 N–H and O–H groups in total. The fourth-order valence-electron chi connectivity index (χ4n) is 3.90. The zero-order valence-electron chi connectivity index (χ0n) is 21.7. The fourth-order valence-corrected chi connectivity index (χ4v) is 5.09. The van der Waals surface area contributed by atoms with Gasteiger partial charge >= 0.3 is 29.6 Å². The van der Waals surface area contributed by atoms with Gasteiger partial charge in [-0.1, -0.05) is 60.1 Å². The topological polar surface area (TPSA) is 140 Å². The third-order valence-electron chi connectivity index (χ3n) is 5.76. The summed E-state index contributed by atoms with van der Waals surface area (Å²) in [5.74, 6) is -0.956. The van der Waals surface area contributed by atoms with Gasteiger partial charge in [-0.2, -0.15) is 13.5 Å². The number of anilines is 1. The van der Waals surface area contributed by atoms with Crippen molar-refractivity contribution in [1.82, 2.24) is 0 Å². The van der Waals surface area contributed by atoms with Crippen LogP contribution in [-0.2, 0) is 16.5 Å². The Morgan fingerprint density at radius 1 is 1.02 bits per heavy atom. The van der Waals surface area contributed by atoms with Crippen LogP contribution in [-0.4, -0.2) is 25.5 Å². The first-order chi connectivity index (χ1) is 18.5. The smallest absolute Gasteiger partial charge is 0.870 e. The van der Waals surface area contributed by atoms with Gasteiger partial charge in [0.05, 0.1) is 32.9 Å². The van der Waals surface area contributed by atoms with E-state index in [4.69, 9.17) is 27.9 Å². The van der Waals surface area contributed by atoms with Crippen LogP contribution in [0.25, 0.3) is 10.8 Å². The zero-order chi connectivity index (χ0) is 28.3. The van der Waals surface area contributed by atoms with Crippen molar-refractivity contribution in [3.8, 4) is 11.5 Å². The second kappa shape index (κ2) is 13.3. The van der Waals surface area contributed by atoms with E-state index >= 15 is 0 Å². The van der Waals surface area contributed by atoms with Gasteiger partial charge in [-0.05, 0) is 54.6 Å². The number of rotatable bonds is 8. The predicted octanol–water partition coefficient (Wildman–Crippen LogP) is 4.10. The first-order valence-electron chi connectivity index (χ1n) is 11.7. The van der Waals surface area contributed by atoms with Crippen LogP contribution >= 0.6 is 23.2 Å². The Morgan fingerprint density at radius 3 is 2.42 bits per heavy atom. The number of benzene rings is 4. The molecule has 0 atom stereocenters. The van der Waals surface area contributed by atoms with Gasteiger partial charge in [-0.15, -0.1) is 5.11 Å². The van der Waals surface area contributed by atoms with Crippen molar-refractivity contribution in [3.63, 3.8) is 0 Å². The van der Waals surface area contributed by atoms with Gasteiger partial charge in [0.2, 0.25) is 0 Å². The van der Waals surface area contributed by atoms with Gasteiger partial charge in [-0.3, -0.25) is 9.35 Å². The van der Waals surface area contributed by atoms with Crippen molar-refractivity contribution >= 4 is 67.1 Å². The molecule has 0 fully saturated rings. The molecule has 0 saturated carbocycles. The molecule has 202 valence electrons. The van der Waals surface area contributed by atoms with E-state index in [1.54, 1.807) is 49.4 Å². The van der Waals surface area contributed by atoms with Crippen molar-refractivity contribution < 1.29 is 57.2 Å². The SMILES string of the molecule is CCOc1ccc(Cl)c(NC(=O)c2cc3ccccc3c(N=Nc3cc(S(=O)(=O)O)c(CC)cc3Cl)c2[O-])c1.[Na+]. The summed E-state index contributed by atoms with van der Waals surface area (Å²) in [5, 5.41) is 25.5. The average Bonchev–Trinajstić information content (AvgIpc) is 2.89. The molecule has 1 amide bonds. The Balaban J connectivity index is 0.00000441. The molecule has 0 radical (unpaired) electrons. The number of hydrogen-bond donors (Lipinski definition) is 2. The molecular formula is C27H22Cl2N3NaO6S. The van der Waals surface area contributed by atoms with Crippen LogP contribution in [0.2, 0.25) is 10.0 Å². The van der Waals surface area contributed by atoms with E-state index in [2.05, 4.69) is 15.5 Å². The van der Waals surface area contributed by atoms with E-state index in [0.717, 1.165) is 6.07 Å². The summed E-state index contributed by atoms with van der Waals surface area (Å²) in [6.45, 7) is 3.93. The number of amides is 1. The van der Waals surface area contributed by atoms with Crippen LogP contribution in [0.1, 0.15) is 29.8 Å². The molecule has 0 spiro atoms. The second-order valence-corrected chi connectivity index (χ2v) is 10.5. The number of carbonyl (C=O) groups is 1. The van der Waals surface area contributed by atoms with Gasteiger partial charge in [-0.25, -0.2) is 0 Å². The molecule has 4 aromatic rings. The van der Waals surface area contributed by atoms with Crippen LogP contribution in [0, 0.1) is 0 Å². The molecule has 4 rings (SSSR count). The molecule has 0 bridgehead atoms. The second-order valence-electron chi connectivity index (χ2n) is 8.29. The Hall–Kier alpha value is -2.70. The van der Waals surface area contributed by atoms with Gasteiger partial charge in [0, 0.05) is 17.0 Å². The Morgan fingerprint density at radius 2 is 1.75 bits per heavy atom. The third-order valence-corrected chi connectivity index (χ3v) is 7.33. The number of halogens is 2. The van der Waals surface area contributed by atoms with Gasteiger partial charge < -0.3 is 15.2 Å². The third kappa shape index (κ3) is 6.95. The number of ether oxygens (including phenoxy) is 1. The van der Waals surface area contributed by atoms with Crippen molar-refractivity contribution in [3.05, 3.63) is 81.8 Å². The van der Waals surface area contributed by atoms with Crippen molar-refractivity contribution in [2.24, 2.45) is 10.2 Å². The maximum atomic E-state index is 13.5. The molecule has 0 unspecified atom stereocenters. The zero-order valence-corrected chi connectivity index (χ0v) is 26.1. The van der Waals surface area contributed by atoms with Crippen LogP contribution < -0.4 is 44.7 Å². The minimum absolute atomic E-state index is 0. The molecule has 0 aromatic heterocycles. The molecule has 9 nitrogen and oxygen atoms in total. The van der Waals surface area contributed by atoms with E-state index in [1.165, 1.54) is 12.1 Å². The molecule has 0 heterocycles. The van der Waals surface area contributed by atoms with Gasteiger partial charge in [0.1, 0.15) is 11.4 Å². The number of nitrogens with zero attached hydrogens (tertiary/aromatic N) is 2. The maximum absolute atomic E-state index is 13.5. The first-order valence-corrected chi connectivity index (χ1v) is 13.9. The average molecular weight is 610 g/mol. The number of aryl methyl sites for hydroxylation is 1. The monoisotopic (exact) mass is 609 g/mol. The van der Waals surface area contributed by atoms with Gasteiger partial charge in [0.25, 0.3) is 16.0 Å². The quantitative estimate of drug-likeness (QED) is 0.175. The molecule has 4 aromatic carbocycles. The van der Waals surface area contributed by atoms with E-state index < -0.39 is 21.8 Å². The molecule has 40 heavy (non-hydrogen) atoms. The molecule has 0 aliphatic carbocycles. The largest absolute Gasteiger partial charge is 1.00 e. The molecule has 0 aliphatic heterocycles. The molecule has 13 heteroatoms. The number of carbonyl (C=O) groups excluding carboxylic acids is 1. The molecular weight excluding hydrogens is 588 g/mol. The summed E-state index contributed by atoms with van der Waals surface area (Å²) in [5.41, 5.74) is 0.0911. The van der Waals surface area contributed by atoms with Crippen molar-refractivity contribution in [1.29, 1.82) is 0 Å². The van der Waals surface area contributed by atoms with Crippen molar-refractivity contribution in [2.45, 2.75) is 25.2 Å². The van der Waals surface area contributed by atoms with Crippen LogP contribution in [0.3, 0.4) is 0 Å². The van der Waals surface area contributed by atoms with E-state index in [0.29, 0.717) is 28.7 Å². The summed E-state index contributed by atoms with van der Waals surface area (Å²) in [4.78, 5) is 12.8. The summed E-state index contributed by atoms with van der Waals surface area (Å²) < 4.78 is 38.8. The number of hydrogen-bond acceptors (Lipinski definition) is 7. The minimum atomic E-state index is -4.56. The summed E-state index contributed by atoms with van der Waals surface area (Å²) in [7, 11) is -4.56. The predicted molar refractivity (Wildman–Crippen MR) is 149 cm³/mol. The van der Waals surface area contributed by atoms with Crippen LogP contribution in [0.15, 0.2) is 75.8 Å². The van der Waals surface area contributed by atoms with Crippen molar-refractivity contribution in [2.75, 3.05) is 11.9 Å². The molecule has 0 saturated heterocycles. The normalized spacial score (nSPS) is 11.4. The van der Waals surface area contributed by atoms with Gasteiger partial charge in [0.15, 0.2) is 0 Å². The first kappa shape index (κ1) is 31.8. The summed E-state index contributed by atoms with van der Waals surface area (Å²) in [6.07, 6.45) is 0.288. The minimum Gasteiger partial charge on any atom is -0.870 e. The van der Waals surface area contributed by atoms with E-state index in [1.807, 2.05) is 6.92 Å². The Labute approximate surface area is 263 Å². The van der Waals surface area contributed by atoms with Crippen LogP contribution in [0.5, 0.6) is 11.5 Å². The standard InChI is InChI=1S/C27H23Cl2N3O6S.Na/c1-3-15-12-21(29)23(14-24(15)39(35,36)37)31-32-25-18-8-6-5-7-16(18)11-19(26(25)33)27(34)30-22-13-17(38-4-2)9-10-20(22)28;/h5-14,33H,3-4H2,1-2H3,(H,30,34)(H,35,36,37);/q;+1/p-1. The fraction of sp³-hybridized carbons (Fsp3) is 0.148. The summed E-state index contributed by atoms with van der Waals surface area (Å²) >= 11 is 12.5.